The van der Waals surface area contributed by atoms with E-state index >= 15 is 0 Å². The summed E-state index contributed by atoms with van der Waals surface area (Å²) in [6.07, 6.45) is -0.549. The Balaban J connectivity index is 1.51. The second kappa shape index (κ2) is 7.07. The Bertz CT molecular complexity index is 1370. The fourth-order valence-corrected chi connectivity index (χ4v) is 5.40. The summed E-state index contributed by atoms with van der Waals surface area (Å²) in [5.41, 5.74) is -0.597. The van der Waals surface area contributed by atoms with Crippen LogP contribution in [0.15, 0.2) is 36.5 Å². The lowest BCUT2D eigenvalue weighted by Crippen LogP contribution is -2.56. The van der Waals surface area contributed by atoms with E-state index in [4.69, 9.17) is 0 Å². The van der Waals surface area contributed by atoms with E-state index in [0.29, 0.717) is 36.6 Å². The lowest BCUT2D eigenvalue weighted by molar-refractivity contribution is -0.140. The summed E-state index contributed by atoms with van der Waals surface area (Å²) in [6.45, 7) is 1.30. The van der Waals surface area contributed by atoms with Crippen LogP contribution in [-0.4, -0.2) is 59.0 Å². The number of nitrogens with zero attached hydrogens (tertiary/aromatic N) is 4. The molecule has 0 atom stereocenters. The first-order chi connectivity index (χ1) is 15.4. The molecule has 1 saturated heterocycles. The minimum atomic E-state index is -4.97. The van der Waals surface area contributed by atoms with E-state index in [2.05, 4.69) is 10.00 Å². The molecule has 3 aromatic rings. The lowest BCUT2D eigenvalue weighted by Gasteiger charge is -2.42. The van der Waals surface area contributed by atoms with Crippen molar-refractivity contribution in [3.05, 3.63) is 47.9 Å². The molecule has 1 N–H and O–H groups in total. The molecule has 1 aliphatic carbocycles. The molecular formula is C21H20F4N4O3S. The van der Waals surface area contributed by atoms with Crippen LogP contribution in [0.1, 0.15) is 18.4 Å². The number of anilines is 1. The predicted molar refractivity (Wildman–Crippen MR) is 113 cm³/mol. The molecular weight excluding hydrogens is 464 g/mol. The molecule has 12 heteroatoms. The van der Waals surface area contributed by atoms with Crippen LogP contribution in [-0.2, 0) is 16.2 Å². The van der Waals surface area contributed by atoms with Crippen molar-refractivity contribution in [3.8, 4) is 11.4 Å². The van der Waals surface area contributed by atoms with Gasteiger partial charge in [0, 0.05) is 36.8 Å². The number of aromatic hydroxyl groups is 1. The number of benzene rings is 2. The molecule has 7 nitrogen and oxygen atoms in total. The van der Waals surface area contributed by atoms with Crippen molar-refractivity contribution in [2.24, 2.45) is 0 Å². The van der Waals surface area contributed by atoms with Crippen LogP contribution in [0.5, 0.6) is 5.75 Å². The molecule has 0 unspecified atom stereocenters. The van der Waals surface area contributed by atoms with Crippen molar-refractivity contribution >= 4 is 26.6 Å². The average Bonchev–Trinajstić information content (AvgIpc) is 3.35. The van der Waals surface area contributed by atoms with Gasteiger partial charge >= 0.3 is 6.18 Å². The summed E-state index contributed by atoms with van der Waals surface area (Å²) in [5, 5.41) is 14.5. The van der Waals surface area contributed by atoms with Gasteiger partial charge < -0.3 is 10.0 Å². The van der Waals surface area contributed by atoms with Crippen LogP contribution in [0.2, 0.25) is 0 Å². The smallest absolute Gasteiger partial charge is 0.419 e. The summed E-state index contributed by atoms with van der Waals surface area (Å²) in [5.74, 6) is -2.84. The number of hydrogen-bond donors (Lipinski definition) is 1. The predicted octanol–water partition coefficient (Wildman–Crippen LogP) is 3.50. The minimum absolute atomic E-state index is 0.121. The van der Waals surface area contributed by atoms with Gasteiger partial charge in [-0.15, -0.1) is 0 Å². The molecule has 1 spiro atoms. The molecule has 33 heavy (non-hydrogen) atoms. The molecule has 2 fully saturated rings. The number of fused-ring (bicyclic) bond motifs is 1. The monoisotopic (exact) mass is 484 g/mol. The SMILES string of the molecule is CS(=O)(=O)N1CCN(c2ccc3c(cnn3-c3cc(O)c(F)c(C(F)(F)F)c3)c2)C2(CC2)C1. The van der Waals surface area contributed by atoms with Crippen molar-refractivity contribution in [2.45, 2.75) is 24.6 Å². The summed E-state index contributed by atoms with van der Waals surface area (Å²) in [7, 11) is -3.28. The first kappa shape index (κ1) is 22.0. The average molecular weight is 484 g/mol. The Morgan fingerprint density at radius 3 is 2.45 bits per heavy atom. The van der Waals surface area contributed by atoms with Gasteiger partial charge in [0.25, 0.3) is 0 Å². The Kier molecular flexibility index (Phi) is 4.70. The van der Waals surface area contributed by atoms with Gasteiger partial charge in [-0.05, 0) is 37.1 Å². The van der Waals surface area contributed by atoms with E-state index in [-0.39, 0.29) is 11.2 Å². The van der Waals surface area contributed by atoms with E-state index in [1.807, 2.05) is 12.1 Å². The minimum Gasteiger partial charge on any atom is -0.505 e. The van der Waals surface area contributed by atoms with E-state index in [1.165, 1.54) is 21.4 Å². The number of phenols is 1. The van der Waals surface area contributed by atoms with E-state index < -0.39 is 33.3 Å². The third-order valence-corrected chi connectivity index (χ3v) is 7.61. The van der Waals surface area contributed by atoms with Crippen molar-refractivity contribution in [3.63, 3.8) is 0 Å². The van der Waals surface area contributed by atoms with Gasteiger partial charge in [0.05, 0.1) is 34.8 Å². The molecule has 2 aromatic carbocycles. The van der Waals surface area contributed by atoms with Crippen molar-refractivity contribution in [1.82, 2.24) is 14.1 Å². The molecule has 0 bridgehead atoms. The van der Waals surface area contributed by atoms with Gasteiger partial charge in [-0.1, -0.05) is 0 Å². The van der Waals surface area contributed by atoms with E-state index in [1.54, 1.807) is 6.07 Å². The molecule has 2 heterocycles. The fraction of sp³-hybridized carbons (Fsp3) is 0.381. The quantitative estimate of drug-likeness (QED) is 0.576. The van der Waals surface area contributed by atoms with Crippen LogP contribution < -0.4 is 4.90 Å². The van der Waals surface area contributed by atoms with Crippen LogP contribution in [0.4, 0.5) is 23.2 Å². The van der Waals surface area contributed by atoms with Crippen molar-refractivity contribution < 1.29 is 31.1 Å². The zero-order valence-corrected chi connectivity index (χ0v) is 18.3. The van der Waals surface area contributed by atoms with Gasteiger partial charge in [-0.25, -0.2) is 17.5 Å². The summed E-state index contributed by atoms with van der Waals surface area (Å²) >= 11 is 0. The zero-order valence-electron chi connectivity index (χ0n) is 17.5. The van der Waals surface area contributed by atoms with E-state index in [0.717, 1.165) is 24.6 Å². The normalized spacial score (nSPS) is 18.9. The highest BCUT2D eigenvalue weighted by molar-refractivity contribution is 7.88. The lowest BCUT2D eigenvalue weighted by atomic mass is 10.1. The van der Waals surface area contributed by atoms with Crippen LogP contribution in [0, 0.1) is 5.82 Å². The highest BCUT2D eigenvalue weighted by Crippen LogP contribution is 2.47. The van der Waals surface area contributed by atoms with Gasteiger partial charge in [-0.2, -0.15) is 22.6 Å². The molecule has 0 radical (unpaired) electrons. The number of hydrogen-bond acceptors (Lipinski definition) is 5. The van der Waals surface area contributed by atoms with Crippen LogP contribution in [0.25, 0.3) is 16.6 Å². The molecule has 2 aliphatic rings. The Morgan fingerprint density at radius 1 is 1.09 bits per heavy atom. The molecule has 0 amide bonds. The number of aromatic nitrogens is 2. The summed E-state index contributed by atoms with van der Waals surface area (Å²) in [6, 6.07) is 6.87. The second-order valence-corrected chi connectivity index (χ2v) is 10.6. The van der Waals surface area contributed by atoms with Crippen molar-refractivity contribution in [2.75, 3.05) is 30.8 Å². The van der Waals surface area contributed by atoms with Crippen LogP contribution >= 0.6 is 0 Å². The third-order valence-electron chi connectivity index (χ3n) is 6.36. The van der Waals surface area contributed by atoms with Gasteiger partial charge in [0.1, 0.15) is 0 Å². The highest BCUT2D eigenvalue weighted by atomic mass is 32.2. The standard InChI is InChI=1S/C21H20F4N4O3S/c1-33(31,32)27-6-7-28(20(12-27)4-5-20)14-2-3-17-13(8-14)11-26-29(17)15-9-16(21(23,24)25)19(22)18(30)10-15/h2-3,8-11,30H,4-7,12H2,1H3. The van der Waals surface area contributed by atoms with Gasteiger partial charge in [0.2, 0.25) is 10.0 Å². The number of phenolic OH excluding ortho intramolecular Hbond substituents is 1. The molecule has 176 valence electrons. The molecule has 5 rings (SSSR count). The Labute approximate surface area is 186 Å². The van der Waals surface area contributed by atoms with E-state index in [9.17, 15) is 31.1 Å². The Hall–Kier alpha value is -2.86. The fourth-order valence-electron chi connectivity index (χ4n) is 4.52. The largest absolute Gasteiger partial charge is 0.505 e. The van der Waals surface area contributed by atoms with Crippen molar-refractivity contribution in [1.29, 1.82) is 0 Å². The maximum absolute atomic E-state index is 13.8. The zero-order chi connectivity index (χ0) is 23.8. The summed E-state index contributed by atoms with van der Waals surface area (Å²) in [4.78, 5) is 2.18. The second-order valence-electron chi connectivity index (χ2n) is 8.60. The number of halogens is 4. The molecule has 1 aromatic heterocycles. The maximum atomic E-state index is 13.8. The van der Waals surface area contributed by atoms with Gasteiger partial charge in [0.15, 0.2) is 11.6 Å². The maximum Gasteiger partial charge on any atom is 0.419 e. The number of sulfonamides is 1. The number of alkyl halides is 3. The molecule has 1 aliphatic heterocycles. The van der Waals surface area contributed by atoms with Crippen LogP contribution in [0.3, 0.4) is 0 Å². The molecule has 1 saturated carbocycles. The first-order valence-electron chi connectivity index (χ1n) is 10.2. The third kappa shape index (κ3) is 3.70. The Morgan fingerprint density at radius 2 is 1.82 bits per heavy atom. The number of piperazine rings is 1. The number of rotatable bonds is 3. The summed E-state index contributed by atoms with van der Waals surface area (Å²) < 4.78 is 80.0. The first-order valence-corrected chi connectivity index (χ1v) is 12.0. The van der Waals surface area contributed by atoms with Gasteiger partial charge in [-0.3, -0.25) is 0 Å². The topological polar surface area (TPSA) is 78.7 Å². The highest BCUT2D eigenvalue weighted by Gasteiger charge is 2.52.